The van der Waals surface area contributed by atoms with E-state index in [9.17, 15) is 4.79 Å². The molecule has 1 aliphatic rings. The van der Waals surface area contributed by atoms with Gasteiger partial charge in [-0.2, -0.15) is 0 Å². The molecule has 1 unspecified atom stereocenters. The molecule has 0 radical (unpaired) electrons. The summed E-state index contributed by atoms with van der Waals surface area (Å²) in [5, 5.41) is 9.29. The minimum Gasteiger partial charge on any atom is -0.478 e. The van der Waals surface area contributed by atoms with Crippen molar-refractivity contribution < 1.29 is 9.90 Å². The summed E-state index contributed by atoms with van der Waals surface area (Å²) in [7, 11) is 4.06. The maximum Gasteiger partial charge on any atom is 0.337 e. The summed E-state index contributed by atoms with van der Waals surface area (Å²) in [6, 6.07) is 1.81. The number of hydrogen-bond acceptors (Lipinski definition) is 4. The number of likely N-dealkylation sites (N-methyl/N-ethyl adjacent to an activating group) is 2. The van der Waals surface area contributed by atoms with Gasteiger partial charge in [0.25, 0.3) is 0 Å². The highest BCUT2D eigenvalue weighted by molar-refractivity contribution is 6.33. The van der Waals surface area contributed by atoms with Gasteiger partial charge in [-0.15, -0.1) is 0 Å². The Kier molecular flexibility index (Phi) is 4.27. The third kappa shape index (κ3) is 3.16. The van der Waals surface area contributed by atoms with Gasteiger partial charge in [0, 0.05) is 25.8 Å². The Bertz CT molecular complexity index is 481. The fraction of sp³-hybridized carbons (Fsp3) is 0.538. The molecule has 1 aromatic rings. The van der Waals surface area contributed by atoms with Gasteiger partial charge in [-0.3, -0.25) is 0 Å². The molecule has 2 rings (SSSR count). The summed E-state index contributed by atoms with van der Waals surface area (Å²) in [5.41, 5.74) is 0.114. The van der Waals surface area contributed by atoms with Gasteiger partial charge in [-0.25, -0.2) is 9.78 Å². The number of aromatic carboxylic acids is 1. The van der Waals surface area contributed by atoms with Crippen LogP contribution in [0.5, 0.6) is 0 Å². The van der Waals surface area contributed by atoms with Crippen LogP contribution in [0.25, 0.3) is 0 Å². The molecule has 0 aromatic carbocycles. The lowest BCUT2D eigenvalue weighted by molar-refractivity contribution is 0.0696. The van der Waals surface area contributed by atoms with E-state index >= 15 is 0 Å². The molecule has 1 atom stereocenters. The van der Waals surface area contributed by atoms with E-state index in [1.807, 2.05) is 11.9 Å². The Labute approximate surface area is 117 Å². The van der Waals surface area contributed by atoms with E-state index in [2.05, 4.69) is 16.9 Å². The van der Waals surface area contributed by atoms with E-state index in [0.717, 1.165) is 25.9 Å². The number of anilines is 1. The number of carbonyl (C=O) groups is 1. The number of piperidine rings is 1. The molecule has 19 heavy (non-hydrogen) atoms. The number of pyridine rings is 1. The highest BCUT2D eigenvalue weighted by Gasteiger charge is 2.23. The molecule has 104 valence electrons. The predicted octanol–water partition coefficient (Wildman–Crippen LogP) is 1.96. The largest absolute Gasteiger partial charge is 0.478 e. The number of nitrogens with zero attached hydrogens (tertiary/aromatic N) is 3. The maximum absolute atomic E-state index is 10.9. The number of aromatic nitrogens is 1. The molecule has 5 nitrogen and oxygen atoms in total. The normalized spacial score (nSPS) is 20.3. The zero-order valence-corrected chi connectivity index (χ0v) is 11.9. The molecule has 1 saturated heterocycles. The van der Waals surface area contributed by atoms with Crippen molar-refractivity contribution in [3.05, 3.63) is 22.8 Å². The molecular weight excluding hydrogens is 266 g/mol. The van der Waals surface area contributed by atoms with Gasteiger partial charge in [-0.1, -0.05) is 11.6 Å². The van der Waals surface area contributed by atoms with Gasteiger partial charge in [0.2, 0.25) is 0 Å². The molecule has 6 heteroatoms. The molecule has 1 aromatic heterocycles. The Hall–Kier alpha value is -1.33. The van der Waals surface area contributed by atoms with Crippen LogP contribution in [0, 0.1) is 0 Å². The molecule has 0 saturated carbocycles. The highest BCUT2D eigenvalue weighted by atomic mass is 35.5. The zero-order chi connectivity index (χ0) is 14.0. The molecule has 1 fully saturated rings. The average molecular weight is 284 g/mol. The Morgan fingerprint density at radius 1 is 1.63 bits per heavy atom. The number of hydrogen-bond donors (Lipinski definition) is 1. The second-order valence-electron chi connectivity index (χ2n) is 5.00. The highest BCUT2D eigenvalue weighted by Crippen LogP contribution is 2.27. The van der Waals surface area contributed by atoms with Crippen molar-refractivity contribution in [3.63, 3.8) is 0 Å². The minimum atomic E-state index is -1.01. The lowest BCUT2D eigenvalue weighted by atomic mass is 10.1. The van der Waals surface area contributed by atoms with Gasteiger partial charge in [0.15, 0.2) is 0 Å². The average Bonchev–Trinajstić information content (AvgIpc) is 2.37. The van der Waals surface area contributed by atoms with Crippen molar-refractivity contribution in [2.45, 2.75) is 18.9 Å². The first-order valence-corrected chi connectivity index (χ1v) is 6.67. The van der Waals surface area contributed by atoms with Gasteiger partial charge in [0.05, 0.1) is 10.6 Å². The Morgan fingerprint density at radius 2 is 2.37 bits per heavy atom. The Morgan fingerprint density at radius 3 is 2.95 bits per heavy atom. The number of likely N-dealkylation sites (tertiary alicyclic amines) is 1. The van der Waals surface area contributed by atoms with E-state index in [1.54, 1.807) is 0 Å². The van der Waals surface area contributed by atoms with Crippen molar-refractivity contribution in [3.8, 4) is 0 Å². The molecule has 1 N–H and O–H groups in total. The molecule has 0 aliphatic carbocycles. The van der Waals surface area contributed by atoms with Crippen LogP contribution in [0.3, 0.4) is 0 Å². The van der Waals surface area contributed by atoms with Crippen LogP contribution in [0.2, 0.25) is 5.02 Å². The van der Waals surface area contributed by atoms with Crippen molar-refractivity contribution >= 4 is 23.4 Å². The summed E-state index contributed by atoms with van der Waals surface area (Å²) >= 11 is 6.14. The second kappa shape index (κ2) is 5.75. The van der Waals surface area contributed by atoms with E-state index < -0.39 is 5.97 Å². The summed E-state index contributed by atoms with van der Waals surface area (Å²) in [5.74, 6) is -0.368. The van der Waals surface area contributed by atoms with Crippen molar-refractivity contribution in [2.75, 3.05) is 32.1 Å². The first-order chi connectivity index (χ1) is 8.99. The zero-order valence-electron chi connectivity index (χ0n) is 11.1. The second-order valence-corrected chi connectivity index (χ2v) is 5.41. The quantitative estimate of drug-likeness (QED) is 0.919. The van der Waals surface area contributed by atoms with Crippen LogP contribution in [-0.2, 0) is 0 Å². The third-order valence-electron chi connectivity index (χ3n) is 3.55. The first-order valence-electron chi connectivity index (χ1n) is 6.29. The molecule has 1 aliphatic heterocycles. The Balaban J connectivity index is 2.19. The third-order valence-corrected chi connectivity index (χ3v) is 3.83. The van der Waals surface area contributed by atoms with Crippen molar-refractivity contribution in [1.82, 2.24) is 9.88 Å². The number of halogens is 1. The summed E-state index contributed by atoms with van der Waals surface area (Å²) < 4.78 is 0. The lowest BCUT2D eigenvalue weighted by Crippen LogP contribution is -2.45. The fourth-order valence-corrected chi connectivity index (χ4v) is 2.74. The van der Waals surface area contributed by atoms with Crippen LogP contribution in [-0.4, -0.2) is 54.2 Å². The van der Waals surface area contributed by atoms with Crippen molar-refractivity contribution in [1.29, 1.82) is 0 Å². The smallest absolute Gasteiger partial charge is 0.337 e. The molecule has 0 amide bonds. The SMILES string of the molecule is CN1CCCC(N(C)c2ncc(C(=O)O)cc2Cl)C1. The minimum absolute atomic E-state index is 0.114. The molecular formula is C13H18ClN3O2. The first kappa shape index (κ1) is 14.1. The molecule has 2 heterocycles. The monoisotopic (exact) mass is 283 g/mol. The van der Waals surface area contributed by atoms with Crippen molar-refractivity contribution in [2.24, 2.45) is 0 Å². The van der Waals surface area contributed by atoms with E-state index in [4.69, 9.17) is 16.7 Å². The van der Waals surface area contributed by atoms with Crippen LogP contribution in [0.15, 0.2) is 12.3 Å². The summed E-state index contributed by atoms with van der Waals surface area (Å²) in [6.07, 6.45) is 3.60. The van der Waals surface area contributed by atoms with E-state index in [-0.39, 0.29) is 5.56 Å². The van der Waals surface area contributed by atoms with E-state index in [1.165, 1.54) is 12.3 Å². The summed E-state index contributed by atoms with van der Waals surface area (Å²) in [6.45, 7) is 2.08. The summed E-state index contributed by atoms with van der Waals surface area (Å²) in [4.78, 5) is 19.4. The van der Waals surface area contributed by atoms with Crippen LogP contribution in [0.1, 0.15) is 23.2 Å². The van der Waals surface area contributed by atoms with Crippen LogP contribution in [0.4, 0.5) is 5.82 Å². The van der Waals surface area contributed by atoms with Crippen LogP contribution >= 0.6 is 11.6 Å². The fourth-order valence-electron chi connectivity index (χ4n) is 2.44. The van der Waals surface area contributed by atoms with E-state index in [0.29, 0.717) is 16.9 Å². The van der Waals surface area contributed by atoms with Gasteiger partial charge in [-0.05, 0) is 32.5 Å². The number of rotatable bonds is 3. The number of carboxylic acids is 1. The topological polar surface area (TPSA) is 56.7 Å². The number of carboxylic acid groups (broad SMARTS) is 1. The lowest BCUT2D eigenvalue weighted by Gasteiger charge is -2.36. The van der Waals surface area contributed by atoms with Crippen LogP contribution < -0.4 is 4.90 Å². The standard InChI is InChI=1S/C13H18ClN3O2/c1-16-5-3-4-10(8-16)17(2)12-11(14)6-9(7-15-12)13(18)19/h6-7,10H,3-5,8H2,1-2H3,(H,18,19). The maximum atomic E-state index is 10.9. The predicted molar refractivity (Wildman–Crippen MR) is 75.1 cm³/mol. The molecule has 0 bridgehead atoms. The van der Waals surface area contributed by atoms with Gasteiger partial charge < -0.3 is 14.9 Å². The van der Waals surface area contributed by atoms with Gasteiger partial charge >= 0.3 is 5.97 Å². The molecule has 0 spiro atoms. The van der Waals surface area contributed by atoms with Gasteiger partial charge in [0.1, 0.15) is 5.82 Å².